The third-order valence-corrected chi connectivity index (χ3v) is 3.71. The van der Waals surface area contributed by atoms with Crippen molar-refractivity contribution < 1.29 is 4.79 Å². The molecule has 1 heterocycles. The molecule has 0 aromatic heterocycles. The Labute approximate surface area is 119 Å². The van der Waals surface area contributed by atoms with Crippen LogP contribution >= 0.6 is 0 Å². The summed E-state index contributed by atoms with van der Waals surface area (Å²) < 4.78 is 0. The minimum atomic E-state index is -0.490. The summed E-state index contributed by atoms with van der Waals surface area (Å²) in [7, 11) is 0. The number of piperidine rings is 1. The maximum Gasteiger partial charge on any atom is 0.239 e. The lowest BCUT2D eigenvalue weighted by Crippen LogP contribution is -2.46. The van der Waals surface area contributed by atoms with Gasteiger partial charge in [-0.05, 0) is 31.2 Å². The van der Waals surface area contributed by atoms with Crippen molar-refractivity contribution in [1.29, 1.82) is 5.41 Å². The van der Waals surface area contributed by atoms with Gasteiger partial charge in [-0.2, -0.15) is 0 Å². The number of nitrogens with two attached hydrogens (primary N) is 2. The number of amides is 1. The molecular formula is C15H22N4O. The second-order valence-electron chi connectivity index (χ2n) is 5.31. The van der Waals surface area contributed by atoms with E-state index < -0.39 is 6.04 Å². The van der Waals surface area contributed by atoms with E-state index in [0.29, 0.717) is 12.0 Å². The van der Waals surface area contributed by atoms with Gasteiger partial charge in [0.25, 0.3) is 0 Å². The summed E-state index contributed by atoms with van der Waals surface area (Å²) in [5, 5.41) is 7.34. The molecule has 5 nitrogen and oxygen atoms in total. The molecule has 1 aromatic rings. The van der Waals surface area contributed by atoms with E-state index in [-0.39, 0.29) is 11.7 Å². The highest BCUT2D eigenvalue weighted by Gasteiger charge is 2.22. The van der Waals surface area contributed by atoms with Crippen LogP contribution in [0.5, 0.6) is 0 Å². The van der Waals surface area contributed by atoms with Crippen LogP contribution < -0.4 is 11.5 Å². The highest BCUT2D eigenvalue weighted by Crippen LogP contribution is 2.12. The Morgan fingerprint density at radius 1 is 1.20 bits per heavy atom. The van der Waals surface area contributed by atoms with Crippen molar-refractivity contribution in [1.82, 2.24) is 4.90 Å². The molecule has 1 aromatic carbocycles. The fourth-order valence-electron chi connectivity index (χ4n) is 2.51. The van der Waals surface area contributed by atoms with Crippen LogP contribution in [-0.2, 0) is 11.2 Å². The number of amidine groups is 1. The molecule has 1 amide bonds. The molecule has 0 radical (unpaired) electrons. The van der Waals surface area contributed by atoms with E-state index in [1.807, 2.05) is 17.0 Å². The molecule has 5 heteroatoms. The molecule has 108 valence electrons. The van der Waals surface area contributed by atoms with E-state index in [1.165, 1.54) is 6.42 Å². The van der Waals surface area contributed by atoms with Crippen molar-refractivity contribution in [3.63, 3.8) is 0 Å². The first-order valence-corrected chi connectivity index (χ1v) is 7.05. The number of hydrogen-bond acceptors (Lipinski definition) is 3. The highest BCUT2D eigenvalue weighted by atomic mass is 16.2. The van der Waals surface area contributed by atoms with E-state index in [2.05, 4.69) is 0 Å². The summed E-state index contributed by atoms with van der Waals surface area (Å²) in [6.07, 6.45) is 3.87. The van der Waals surface area contributed by atoms with Crippen molar-refractivity contribution in [2.75, 3.05) is 13.1 Å². The first-order chi connectivity index (χ1) is 9.58. The minimum absolute atomic E-state index is 0.0420. The molecule has 0 saturated carbocycles. The summed E-state index contributed by atoms with van der Waals surface area (Å²) in [6, 6.07) is 6.84. The summed E-state index contributed by atoms with van der Waals surface area (Å²) in [5.74, 6) is 0.0885. The Balaban J connectivity index is 1.94. The Bertz CT molecular complexity index is 477. The molecule has 20 heavy (non-hydrogen) atoms. The van der Waals surface area contributed by atoms with Crippen LogP contribution in [0.3, 0.4) is 0 Å². The predicted molar refractivity (Wildman–Crippen MR) is 79.6 cm³/mol. The quantitative estimate of drug-likeness (QED) is 0.561. The van der Waals surface area contributed by atoms with Gasteiger partial charge in [-0.3, -0.25) is 10.2 Å². The average molecular weight is 274 g/mol. The number of nitrogens with zero attached hydrogens (tertiary/aromatic N) is 1. The molecule has 1 fully saturated rings. The third-order valence-electron chi connectivity index (χ3n) is 3.71. The van der Waals surface area contributed by atoms with Crippen LogP contribution in [0.2, 0.25) is 0 Å². The van der Waals surface area contributed by atoms with Crippen molar-refractivity contribution in [3.8, 4) is 0 Å². The zero-order valence-electron chi connectivity index (χ0n) is 11.6. The zero-order chi connectivity index (χ0) is 14.5. The van der Waals surface area contributed by atoms with Crippen molar-refractivity contribution in [2.24, 2.45) is 11.5 Å². The number of likely N-dealkylation sites (tertiary alicyclic amines) is 1. The molecule has 0 spiro atoms. The van der Waals surface area contributed by atoms with Gasteiger partial charge in [0.1, 0.15) is 5.84 Å². The molecule has 1 atom stereocenters. The van der Waals surface area contributed by atoms with E-state index in [9.17, 15) is 4.79 Å². The first kappa shape index (κ1) is 14.5. The molecule has 1 saturated heterocycles. The summed E-state index contributed by atoms with van der Waals surface area (Å²) in [6.45, 7) is 1.66. The largest absolute Gasteiger partial charge is 0.384 e. The van der Waals surface area contributed by atoms with Gasteiger partial charge in [0.2, 0.25) is 5.91 Å². The third kappa shape index (κ3) is 3.57. The van der Waals surface area contributed by atoms with Crippen molar-refractivity contribution in [2.45, 2.75) is 31.7 Å². The van der Waals surface area contributed by atoms with Crippen LogP contribution in [0, 0.1) is 5.41 Å². The maximum absolute atomic E-state index is 12.2. The monoisotopic (exact) mass is 274 g/mol. The number of carbonyl (C=O) groups excluding carboxylic acids is 1. The molecule has 0 unspecified atom stereocenters. The Morgan fingerprint density at radius 3 is 2.35 bits per heavy atom. The van der Waals surface area contributed by atoms with E-state index in [1.54, 1.807) is 12.1 Å². The SMILES string of the molecule is N=C(N)c1ccc(C[C@@H](N)C(=O)N2CCCCC2)cc1. The predicted octanol–water partition coefficient (Wildman–Crippen LogP) is 0.853. The standard InChI is InChI=1S/C15H22N4O/c16-13(15(20)19-8-2-1-3-9-19)10-11-4-6-12(7-5-11)14(17)18/h4-7,13H,1-3,8-10,16H2,(H3,17,18)/t13-/m1/s1. The number of carbonyl (C=O) groups is 1. The van der Waals surface area contributed by atoms with Gasteiger partial charge in [-0.25, -0.2) is 0 Å². The van der Waals surface area contributed by atoms with Crippen LogP contribution in [0.15, 0.2) is 24.3 Å². The molecule has 0 bridgehead atoms. The van der Waals surface area contributed by atoms with Gasteiger partial charge in [0, 0.05) is 18.7 Å². The van der Waals surface area contributed by atoms with E-state index >= 15 is 0 Å². The molecule has 0 aliphatic carbocycles. The van der Waals surface area contributed by atoms with E-state index in [4.69, 9.17) is 16.9 Å². The van der Waals surface area contributed by atoms with Gasteiger partial charge in [0.05, 0.1) is 6.04 Å². The lowest BCUT2D eigenvalue weighted by molar-refractivity contribution is -0.133. The lowest BCUT2D eigenvalue weighted by Gasteiger charge is -2.29. The average Bonchev–Trinajstić information content (AvgIpc) is 2.48. The summed E-state index contributed by atoms with van der Waals surface area (Å²) in [4.78, 5) is 14.1. The normalized spacial score (nSPS) is 16.8. The zero-order valence-corrected chi connectivity index (χ0v) is 11.6. The first-order valence-electron chi connectivity index (χ1n) is 7.05. The number of nitrogen functional groups attached to an aromatic ring is 1. The van der Waals surface area contributed by atoms with Crippen LogP contribution in [0.4, 0.5) is 0 Å². The maximum atomic E-state index is 12.2. The highest BCUT2D eigenvalue weighted by molar-refractivity contribution is 5.94. The smallest absolute Gasteiger partial charge is 0.239 e. The number of benzene rings is 1. The van der Waals surface area contributed by atoms with Crippen molar-refractivity contribution in [3.05, 3.63) is 35.4 Å². The Hall–Kier alpha value is -1.88. The Morgan fingerprint density at radius 2 is 1.80 bits per heavy atom. The van der Waals surface area contributed by atoms with Gasteiger partial charge in [-0.15, -0.1) is 0 Å². The second-order valence-corrected chi connectivity index (χ2v) is 5.31. The van der Waals surface area contributed by atoms with Gasteiger partial charge >= 0.3 is 0 Å². The van der Waals surface area contributed by atoms with E-state index in [0.717, 1.165) is 31.5 Å². The molecule has 2 rings (SSSR count). The fourth-order valence-corrected chi connectivity index (χ4v) is 2.51. The molecule has 5 N–H and O–H groups in total. The summed E-state index contributed by atoms with van der Waals surface area (Å²) in [5.41, 5.74) is 13.1. The Kier molecular flexibility index (Phi) is 4.74. The number of rotatable bonds is 4. The van der Waals surface area contributed by atoms with Crippen molar-refractivity contribution >= 4 is 11.7 Å². The van der Waals surface area contributed by atoms with Crippen LogP contribution in [0.25, 0.3) is 0 Å². The number of hydrogen-bond donors (Lipinski definition) is 3. The fraction of sp³-hybridized carbons (Fsp3) is 0.467. The van der Waals surface area contributed by atoms with Crippen LogP contribution in [0.1, 0.15) is 30.4 Å². The number of nitrogens with one attached hydrogen (secondary N) is 1. The van der Waals surface area contributed by atoms with Gasteiger partial charge in [-0.1, -0.05) is 24.3 Å². The second kappa shape index (κ2) is 6.52. The van der Waals surface area contributed by atoms with Gasteiger partial charge < -0.3 is 16.4 Å². The topological polar surface area (TPSA) is 96.2 Å². The molecular weight excluding hydrogens is 252 g/mol. The van der Waals surface area contributed by atoms with Gasteiger partial charge in [0.15, 0.2) is 0 Å². The summed E-state index contributed by atoms with van der Waals surface area (Å²) >= 11 is 0. The minimum Gasteiger partial charge on any atom is -0.384 e. The van der Waals surface area contributed by atoms with Crippen LogP contribution in [-0.4, -0.2) is 35.8 Å². The lowest BCUT2D eigenvalue weighted by atomic mass is 10.0. The molecule has 1 aliphatic heterocycles. The molecule has 1 aliphatic rings.